The highest BCUT2D eigenvalue weighted by Crippen LogP contribution is 2.41. The Labute approximate surface area is 355 Å². The summed E-state index contributed by atoms with van der Waals surface area (Å²) in [5.41, 5.74) is 7.90. The third-order valence-electron chi connectivity index (χ3n) is 11.1. The van der Waals surface area contributed by atoms with Crippen molar-refractivity contribution in [2.75, 3.05) is 13.2 Å². The van der Waals surface area contributed by atoms with E-state index in [0.29, 0.717) is 39.5 Å². The lowest BCUT2D eigenvalue weighted by atomic mass is 9.91. The van der Waals surface area contributed by atoms with Crippen LogP contribution in [-0.4, -0.2) is 70.1 Å². The van der Waals surface area contributed by atoms with E-state index in [1.54, 1.807) is 18.3 Å². The van der Waals surface area contributed by atoms with Crippen molar-refractivity contribution < 1.29 is 38.5 Å². The molecular formula is C45H41Cl2N5O8. The summed E-state index contributed by atoms with van der Waals surface area (Å²) in [6.45, 7) is 4.54. The number of carboxylic acids is 1. The van der Waals surface area contributed by atoms with Crippen LogP contribution in [0.3, 0.4) is 0 Å². The third kappa shape index (κ3) is 8.68. The maximum Gasteiger partial charge on any atom is 0.326 e. The quantitative estimate of drug-likeness (QED) is 0.116. The smallest absolute Gasteiger partial charge is 0.326 e. The standard InChI is InChI=1S/C45H41Cl2N5O8/c1-24-25(2)48-14-13-33(24)28-6-3-26(4-7-28)16-36(44(55)56)50-42(53)38-17-30-18-39-40(19-31(30)21-52(38)43(54)37-20-49-45(57)51-37)60-41(23-59-39)29-8-10-32(11-9-29)58-22-27-5-12-34(46)35(47)15-27/h3-15,18-19,36-38,41H,16-17,20-23H2,1-2H3,(H,50,53)(H,55,56)(H2,49,51,57)/t36?,37?,38-,41+/m0/s1. The molecule has 0 radical (unpaired) electrons. The first-order valence-electron chi connectivity index (χ1n) is 19.4. The fourth-order valence-corrected chi connectivity index (χ4v) is 7.96. The van der Waals surface area contributed by atoms with Gasteiger partial charge < -0.3 is 40.2 Å². The van der Waals surface area contributed by atoms with Crippen LogP contribution in [0.4, 0.5) is 4.79 Å². The summed E-state index contributed by atoms with van der Waals surface area (Å²) in [5.74, 6) is -0.698. The molecule has 0 saturated carbocycles. The Bertz CT molecular complexity index is 2480. The van der Waals surface area contributed by atoms with Gasteiger partial charge in [-0.2, -0.15) is 0 Å². The number of carboxylic acid groups (broad SMARTS) is 1. The van der Waals surface area contributed by atoms with Gasteiger partial charge in [0.1, 0.15) is 37.1 Å². The number of aromatic nitrogens is 1. The molecule has 8 rings (SSSR count). The van der Waals surface area contributed by atoms with Gasteiger partial charge in [0, 0.05) is 37.8 Å². The van der Waals surface area contributed by atoms with Crippen molar-refractivity contribution in [1.82, 2.24) is 25.8 Å². The fourth-order valence-electron chi connectivity index (χ4n) is 7.64. The molecule has 4 aromatic carbocycles. The molecule has 1 saturated heterocycles. The van der Waals surface area contributed by atoms with Crippen molar-refractivity contribution in [3.8, 4) is 28.4 Å². The van der Waals surface area contributed by atoms with Crippen LogP contribution in [0.1, 0.15) is 45.2 Å². The molecular weight excluding hydrogens is 809 g/mol. The molecule has 0 spiro atoms. The van der Waals surface area contributed by atoms with Gasteiger partial charge >= 0.3 is 12.0 Å². The second kappa shape index (κ2) is 17.1. The molecule has 0 aliphatic carbocycles. The maximum atomic E-state index is 14.1. The Morgan fingerprint density at radius 2 is 1.70 bits per heavy atom. The van der Waals surface area contributed by atoms with E-state index in [2.05, 4.69) is 20.9 Å². The molecule has 4 amide bonds. The third-order valence-corrected chi connectivity index (χ3v) is 11.9. The van der Waals surface area contributed by atoms with Crippen LogP contribution in [0.5, 0.6) is 17.2 Å². The first-order valence-corrected chi connectivity index (χ1v) is 20.2. The minimum absolute atomic E-state index is 0.0118. The number of benzene rings is 4. The van der Waals surface area contributed by atoms with E-state index in [1.165, 1.54) is 4.90 Å². The molecule has 3 aliphatic heterocycles. The summed E-state index contributed by atoms with van der Waals surface area (Å²) < 4.78 is 18.6. The first kappa shape index (κ1) is 40.5. The number of rotatable bonds is 11. The number of nitrogens with zero attached hydrogens (tertiary/aromatic N) is 2. The monoisotopic (exact) mass is 849 g/mol. The number of aliphatic carboxylic acids is 1. The number of halogens is 2. The van der Waals surface area contributed by atoms with E-state index in [9.17, 15) is 24.3 Å². The van der Waals surface area contributed by atoms with Gasteiger partial charge in [-0.05, 0) is 101 Å². The van der Waals surface area contributed by atoms with Crippen molar-refractivity contribution in [1.29, 1.82) is 0 Å². The number of fused-ring (bicyclic) bond motifs is 2. The molecule has 15 heteroatoms. The summed E-state index contributed by atoms with van der Waals surface area (Å²) in [6.07, 6.45) is 1.41. The van der Waals surface area contributed by atoms with Gasteiger partial charge in [-0.25, -0.2) is 9.59 Å². The predicted octanol–water partition coefficient (Wildman–Crippen LogP) is 6.51. The summed E-state index contributed by atoms with van der Waals surface area (Å²) >= 11 is 12.2. The topological polar surface area (TPSA) is 168 Å². The Hall–Kier alpha value is -6.31. The molecule has 4 N–H and O–H groups in total. The van der Waals surface area contributed by atoms with Gasteiger partial charge in [-0.3, -0.25) is 14.6 Å². The predicted molar refractivity (Wildman–Crippen MR) is 223 cm³/mol. The minimum atomic E-state index is -1.28. The molecule has 308 valence electrons. The molecule has 2 unspecified atom stereocenters. The number of ether oxygens (including phenoxy) is 3. The first-order chi connectivity index (χ1) is 28.9. The SMILES string of the molecule is Cc1nccc(-c2ccc(CC(NC(=O)[C@@H]3Cc4cc5c(cc4CN3C(=O)C3CNC(=O)N3)O[C@@H](c3ccc(OCc4ccc(Cl)c(Cl)c4)cc3)CO5)C(=O)O)cc2)c1C. The van der Waals surface area contributed by atoms with Gasteiger partial charge in [-0.15, -0.1) is 0 Å². The second-order valence-electron chi connectivity index (χ2n) is 15.1. The van der Waals surface area contributed by atoms with Crippen LogP contribution in [0.15, 0.2) is 91.1 Å². The number of urea groups is 1. The second-order valence-corrected chi connectivity index (χ2v) is 15.9. The Balaban J connectivity index is 0.973. The van der Waals surface area contributed by atoms with Crippen LogP contribution >= 0.6 is 23.2 Å². The van der Waals surface area contributed by atoms with Crippen molar-refractivity contribution in [3.63, 3.8) is 0 Å². The fraction of sp³-hybridized carbons (Fsp3) is 0.267. The molecule has 4 atom stereocenters. The van der Waals surface area contributed by atoms with E-state index in [-0.39, 0.29) is 32.5 Å². The lowest BCUT2D eigenvalue weighted by Gasteiger charge is -2.38. The lowest BCUT2D eigenvalue weighted by Crippen LogP contribution is -2.58. The van der Waals surface area contributed by atoms with Crippen molar-refractivity contribution in [3.05, 3.63) is 140 Å². The van der Waals surface area contributed by atoms with Gasteiger partial charge in [0.15, 0.2) is 17.6 Å². The zero-order valence-electron chi connectivity index (χ0n) is 32.7. The largest absolute Gasteiger partial charge is 0.489 e. The molecule has 4 heterocycles. The molecule has 1 aromatic heterocycles. The number of nitrogens with one attached hydrogen (secondary N) is 3. The van der Waals surface area contributed by atoms with Crippen LogP contribution in [0.25, 0.3) is 11.1 Å². The highest BCUT2D eigenvalue weighted by molar-refractivity contribution is 6.42. The van der Waals surface area contributed by atoms with Crippen LogP contribution in [-0.2, 0) is 40.4 Å². The Morgan fingerprint density at radius 3 is 2.42 bits per heavy atom. The average molecular weight is 851 g/mol. The maximum absolute atomic E-state index is 14.1. The number of amides is 4. The summed E-state index contributed by atoms with van der Waals surface area (Å²) in [4.78, 5) is 58.4. The molecule has 60 heavy (non-hydrogen) atoms. The lowest BCUT2D eigenvalue weighted by molar-refractivity contribution is -0.146. The molecule has 5 aromatic rings. The van der Waals surface area contributed by atoms with Crippen LogP contribution in [0.2, 0.25) is 10.0 Å². The van der Waals surface area contributed by atoms with E-state index >= 15 is 0 Å². The number of carbonyl (C=O) groups excluding carboxylic acids is 3. The minimum Gasteiger partial charge on any atom is -0.489 e. The van der Waals surface area contributed by atoms with Crippen molar-refractivity contribution >= 4 is 47.0 Å². The zero-order chi connectivity index (χ0) is 42.1. The number of carbonyl (C=O) groups is 4. The number of hydrogen-bond acceptors (Lipinski definition) is 8. The van der Waals surface area contributed by atoms with E-state index < -0.39 is 48.0 Å². The van der Waals surface area contributed by atoms with Gasteiger partial charge in [0.25, 0.3) is 0 Å². The number of hydrogen-bond donors (Lipinski definition) is 4. The molecule has 0 bridgehead atoms. The molecule has 3 aliphatic rings. The van der Waals surface area contributed by atoms with E-state index in [4.69, 9.17) is 37.4 Å². The summed E-state index contributed by atoms with van der Waals surface area (Å²) in [6, 6.07) is 22.2. The molecule has 1 fully saturated rings. The summed E-state index contributed by atoms with van der Waals surface area (Å²) in [7, 11) is 0. The Kier molecular flexibility index (Phi) is 11.5. The van der Waals surface area contributed by atoms with Gasteiger partial charge in [-0.1, -0.05) is 65.7 Å². The van der Waals surface area contributed by atoms with Crippen LogP contribution < -0.4 is 30.2 Å². The zero-order valence-corrected chi connectivity index (χ0v) is 34.2. The average Bonchev–Trinajstić information content (AvgIpc) is 3.69. The van der Waals surface area contributed by atoms with E-state index in [0.717, 1.165) is 44.6 Å². The van der Waals surface area contributed by atoms with Gasteiger partial charge in [0.2, 0.25) is 11.8 Å². The Morgan fingerprint density at radius 1 is 0.950 bits per heavy atom. The van der Waals surface area contributed by atoms with Crippen molar-refractivity contribution in [2.24, 2.45) is 0 Å². The van der Waals surface area contributed by atoms with Crippen LogP contribution in [0, 0.1) is 13.8 Å². The van der Waals surface area contributed by atoms with Gasteiger partial charge in [0.05, 0.1) is 10.0 Å². The normalized spacial score (nSPS) is 18.4. The highest BCUT2D eigenvalue weighted by Gasteiger charge is 2.41. The van der Waals surface area contributed by atoms with Crippen molar-refractivity contribution in [2.45, 2.75) is 64.1 Å². The molecule has 13 nitrogen and oxygen atoms in total. The summed E-state index contributed by atoms with van der Waals surface area (Å²) in [5, 5.41) is 19.1. The number of aryl methyl sites for hydroxylation is 1. The highest BCUT2D eigenvalue weighted by atomic mass is 35.5. The number of pyridine rings is 1. The van der Waals surface area contributed by atoms with E-state index in [1.807, 2.05) is 86.6 Å².